The van der Waals surface area contributed by atoms with Crippen molar-refractivity contribution in [3.05, 3.63) is 36.0 Å². The highest BCUT2D eigenvalue weighted by atomic mass is 32.2. The van der Waals surface area contributed by atoms with E-state index in [1.165, 1.54) is 12.1 Å². The van der Waals surface area contributed by atoms with E-state index in [0.29, 0.717) is 23.3 Å². The summed E-state index contributed by atoms with van der Waals surface area (Å²) in [4.78, 5) is 4.46. The second-order valence-corrected chi connectivity index (χ2v) is 6.25. The lowest BCUT2D eigenvalue weighted by Gasteiger charge is -2.16. The van der Waals surface area contributed by atoms with Crippen molar-refractivity contribution in [2.75, 3.05) is 18.1 Å². The van der Waals surface area contributed by atoms with Crippen LogP contribution in [0.5, 0.6) is 0 Å². The van der Waals surface area contributed by atoms with Gasteiger partial charge in [-0.2, -0.15) is 16.7 Å². The average molecular weight is 307 g/mol. The van der Waals surface area contributed by atoms with Crippen molar-refractivity contribution < 1.29 is 8.91 Å². The van der Waals surface area contributed by atoms with Crippen LogP contribution in [0.3, 0.4) is 0 Å². The number of rotatable bonds is 5. The summed E-state index contributed by atoms with van der Waals surface area (Å²) in [5.41, 5.74) is 0.647. The van der Waals surface area contributed by atoms with Gasteiger partial charge in [-0.25, -0.2) is 4.39 Å². The van der Waals surface area contributed by atoms with Gasteiger partial charge in [-0.05, 0) is 25.1 Å². The summed E-state index contributed by atoms with van der Waals surface area (Å²) in [5.74, 6) is 3.08. The quantitative estimate of drug-likeness (QED) is 0.920. The van der Waals surface area contributed by atoms with Crippen LogP contribution >= 0.6 is 11.8 Å². The maximum atomic E-state index is 13.3. The lowest BCUT2D eigenvalue weighted by molar-refractivity contribution is 0.339. The molecule has 112 valence electrons. The molecular formula is C15H18FN3OS. The number of aromatic nitrogens is 2. The predicted octanol–water partition coefficient (Wildman–Crippen LogP) is 3.07. The molecule has 0 aliphatic carbocycles. The second-order valence-electron chi connectivity index (χ2n) is 5.17. The number of nitrogens with one attached hydrogen (secondary N) is 1. The van der Waals surface area contributed by atoms with Crippen LogP contribution in [0.25, 0.3) is 11.4 Å². The summed E-state index contributed by atoms with van der Waals surface area (Å²) in [6.07, 6.45) is 1.10. The lowest BCUT2D eigenvalue weighted by Crippen LogP contribution is -2.34. The summed E-state index contributed by atoms with van der Waals surface area (Å²) in [6, 6.07) is 6.63. The van der Waals surface area contributed by atoms with Gasteiger partial charge in [-0.15, -0.1) is 0 Å². The Morgan fingerprint density at radius 1 is 1.43 bits per heavy atom. The average Bonchev–Trinajstić information content (AvgIpc) is 3.13. The van der Waals surface area contributed by atoms with Gasteiger partial charge in [0.2, 0.25) is 11.7 Å². The normalized spacial score (nSPS) is 21.8. The molecule has 2 heterocycles. The largest absolute Gasteiger partial charge is 0.339 e. The first-order valence-electron chi connectivity index (χ1n) is 7.18. The number of halogens is 1. The van der Waals surface area contributed by atoms with Crippen molar-refractivity contribution >= 4 is 11.8 Å². The zero-order chi connectivity index (χ0) is 14.7. The number of thioether (sulfide) groups is 1. The molecule has 2 atom stereocenters. The summed E-state index contributed by atoms with van der Waals surface area (Å²) >= 11 is 1.89. The maximum absolute atomic E-state index is 13.3. The molecule has 0 bridgehead atoms. The molecule has 2 unspecified atom stereocenters. The Bertz CT molecular complexity index is 604. The molecule has 4 nitrogen and oxygen atoms in total. The molecule has 1 N–H and O–H groups in total. The molecule has 1 aromatic heterocycles. The fourth-order valence-electron chi connectivity index (χ4n) is 2.46. The number of benzene rings is 1. The molecule has 1 aliphatic rings. The minimum absolute atomic E-state index is 0.233. The molecule has 0 amide bonds. The van der Waals surface area contributed by atoms with Crippen molar-refractivity contribution in [2.24, 2.45) is 0 Å². The molecule has 2 aromatic rings. The monoisotopic (exact) mass is 307 g/mol. The highest BCUT2D eigenvalue weighted by molar-refractivity contribution is 7.99. The zero-order valence-electron chi connectivity index (χ0n) is 11.9. The van der Waals surface area contributed by atoms with Crippen LogP contribution < -0.4 is 5.32 Å². The third-order valence-corrected chi connectivity index (χ3v) is 4.77. The Labute approximate surface area is 127 Å². The van der Waals surface area contributed by atoms with Crippen LogP contribution in [0.2, 0.25) is 0 Å². The van der Waals surface area contributed by atoms with E-state index in [-0.39, 0.29) is 11.7 Å². The van der Waals surface area contributed by atoms with Crippen molar-refractivity contribution in [2.45, 2.75) is 25.3 Å². The third kappa shape index (κ3) is 3.27. The molecular weight excluding hydrogens is 289 g/mol. The summed E-state index contributed by atoms with van der Waals surface area (Å²) < 4.78 is 18.7. The summed E-state index contributed by atoms with van der Waals surface area (Å²) in [5, 5.41) is 7.53. The van der Waals surface area contributed by atoms with Gasteiger partial charge in [0.15, 0.2) is 0 Å². The van der Waals surface area contributed by atoms with Crippen molar-refractivity contribution in [1.82, 2.24) is 15.5 Å². The minimum Gasteiger partial charge on any atom is -0.339 e. The Morgan fingerprint density at radius 3 is 3.14 bits per heavy atom. The lowest BCUT2D eigenvalue weighted by atomic mass is 10.0. The van der Waals surface area contributed by atoms with Gasteiger partial charge in [0.1, 0.15) is 5.82 Å². The molecule has 0 spiro atoms. The van der Waals surface area contributed by atoms with Crippen LogP contribution in [0.15, 0.2) is 28.8 Å². The fourth-order valence-corrected chi connectivity index (χ4v) is 3.83. The first-order chi connectivity index (χ1) is 10.3. The van der Waals surface area contributed by atoms with E-state index in [2.05, 4.69) is 22.4 Å². The number of hydrogen-bond acceptors (Lipinski definition) is 5. The van der Waals surface area contributed by atoms with Gasteiger partial charge in [-0.3, -0.25) is 0 Å². The Kier molecular flexibility index (Phi) is 4.55. The second kappa shape index (κ2) is 6.58. The van der Waals surface area contributed by atoms with Crippen LogP contribution in [0, 0.1) is 5.82 Å². The molecule has 21 heavy (non-hydrogen) atoms. The van der Waals surface area contributed by atoms with E-state index in [1.807, 2.05) is 11.8 Å². The predicted molar refractivity (Wildman–Crippen MR) is 81.8 cm³/mol. The van der Waals surface area contributed by atoms with Gasteiger partial charge < -0.3 is 9.84 Å². The molecule has 0 saturated carbocycles. The first kappa shape index (κ1) is 14.5. The molecule has 3 rings (SSSR count). The molecule has 1 fully saturated rings. The van der Waals surface area contributed by atoms with Crippen LogP contribution in [0.1, 0.15) is 25.2 Å². The van der Waals surface area contributed by atoms with Gasteiger partial charge in [-0.1, -0.05) is 24.2 Å². The topological polar surface area (TPSA) is 51.0 Å². The zero-order valence-corrected chi connectivity index (χ0v) is 12.7. The molecule has 1 saturated heterocycles. The summed E-state index contributed by atoms with van der Waals surface area (Å²) in [6.45, 7) is 3.14. The van der Waals surface area contributed by atoms with Crippen LogP contribution in [-0.2, 0) is 0 Å². The maximum Gasteiger partial charge on any atom is 0.232 e. The fraction of sp³-hybridized carbons (Fsp3) is 0.467. The Hall–Kier alpha value is -1.40. The van der Waals surface area contributed by atoms with E-state index in [0.717, 1.165) is 24.5 Å². The van der Waals surface area contributed by atoms with E-state index < -0.39 is 0 Å². The smallest absolute Gasteiger partial charge is 0.232 e. The highest BCUT2D eigenvalue weighted by Gasteiger charge is 2.33. The van der Waals surface area contributed by atoms with Gasteiger partial charge in [0.05, 0.1) is 5.92 Å². The molecule has 6 heteroatoms. The van der Waals surface area contributed by atoms with Crippen molar-refractivity contribution in [3.8, 4) is 11.4 Å². The Morgan fingerprint density at radius 2 is 2.33 bits per heavy atom. The van der Waals surface area contributed by atoms with Gasteiger partial charge >= 0.3 is 0 Å². The van der Waals surface area contributed by atoms with Crippen molar-refractivity contribution in [1.29, 1.82) is 0 Å². The van der Waals surface area contributed by atoms with Crippen LogP contribution in [-0.4, -0.2) is 34.2 Å². The van der Waals surface area contributed by atoms with E-state index in [4.69, 9.17) is 4.52 Å². The standard InChI is InChI=1S/C15H18FN3OS/c1-2-6-17-13-9-21-8-12(13)15-18-14(19-20-15)10-4-3-5-11(16)7-10/h3-5,7,12-13,17H,2,6,8-9H2,1H3. The highest BCUT2D eigenvalue weighted by Crippen LogP contribution is 2.33. The van der Waals surface area contributed by atoms with Gasteiger partial charge in [0.25, 0.3) is 0 Å². The third-order valence-electron chi connectivity index (χ3n) is 3.58. The Balaban J connectivity index is 1.78. The number of hydrogen-bond donors (Lipinski definition) is 1. The molecule has 0 radical (unpaired) electrons. The van der Waals surface area contributed by atoms with E-state index in [1.54, 1.807) is 12.1 Å². The van der Waals surface area contributed by atoms with E-state index in [9.17, 15) is 4.39 Å². The van der Waals surface area contributed by atoms with Gasteiger partial charge in [0, 0.05) is 23.1 Å². The van der Waals surface area contributed by atoms with Crippen molar-refractivity contribution in [3.63, 3.8) is 0 Å². The molecule has 1 aliphatic heterocycles. The molecule has 1 aromatic carbocycles. The SMILES string of the molecule is CCCNC1CSCC1c1nc(-c2cccc(F)c2)no1. The van der Waals surface area contributed by atoms with E-state index >= 15 is 0 Å². The number of nitrogens with zero attached hydrogens (tertiary/aromatic N) is 2. The minimum atomic E-state index is -0.294. The first-order valence-corrected chi connectivity index (χ1v) is 8.34. The summed E-state index contributed by atoms with van der Waals surface area (Å²) in [7, 11) is 0. The van der Waals surface area contributed by atoms with Crippen LogP contribution in [0.4, 0.5) is 4.39 Å².